The van der Waals surface area contributed by atoms with Gasteiger partial charge in [-0.1, -0.05) is 0 Å². The van der Waals surface area contributed by atoms with Gasteiger partial charge in [0.1, 0.15) is 5.82 Å². The van der Waals surface area contributed by atoms with Gasteiger partial charge in [-0.05, 0) is 12.1 Å². The monoisotopic (exact) mass is 463 g/mol. The summed E-state index contributed by atoms with van der Waals surface area (Å²) in [6.45, 7) is 1.56. The molecule has 3 heterocycles. The predicted molar refractivity (Wildman–Crippen MR) is 93.2 cm³/mol. The molecular formula is C15H13BrF3N5O4. The van der Waals surface area contributed by atoms with Crippen LogP contribution in [-0.2, 0) is 6.18 Å². The normalized spacial score (nSPS) is 14.9. The Kier molecular flexibility index (Phi) is 5.45. The summed E-state index contributed by atoms with van der Waals surface area (Å²) >= 11 is 2.68. The Hall–Kier alpha value is -2.83. The van der Waals surface area contributed by atoms with E-state index in [9.17, 15) is 22.8 Å². The standard InChI is InChI=1S/C15H13BrF3N5O4/c16-13-22-11(15(17,18)19)10(28-13)12(25)21-8-1-2-9(20-7-8)23-3-5-24(6-4-23)14(26)27/h1-2,7H,3-6H2,(H,21,25)(H,26,27). The summed E-state index contributed by atoms with van der Waals surface area (Å²) in [7, 11) is 0. The highest BCUT2D eigenvalue weighted by molar-refractivity contribution is 9.10. The quantitative estimate of drug-likeness (QED) is 0.719. The van der Waals surface area contributed by atoms with E-state index in [-0.39, 0.29) is 5.69 Å². The molecule has 1 saturated heterocycles. The molecule has 0 bridgehead atoms. The zero-order chi connectivity index (χ0) is 20.5. The lowest BCUT2D eigenvalue weighted by molar-refractivity contribution is -0.141. The molecule has 0 spiro atoms. The number of aromatic nitrogens is 2. The van der Waals surface area contributed by atoms with Gasteiger partial charge in [-0.2, -0.15) is 18.2 Å². The second kappa shape index (κ2) is 7.66. The Balaban J connectivity index is 1.67. The van der Waals surface area contributed by atoms with E-state index < -0.39 is 34.4 Å². The fourth-order valence-corrected chi connectivity index (χ4v) is 2.94. The molecule has 0 aliphatic carbocycles. The molecule has 0 aromatic carbocycles. The molecule has 1 aliphatic rings. The van der Waals surface area contributed by atoms with E-state index >= 15 is 0 Å². The van der Waals surface area contributed by atoms with Gasteiger partial charge in [-0.25, -0.2) is 9.78 Å². The zero-order valence-corrected chi connectivity index (χ0v) is 15.6. The molecule has 2 aromatic heterocycles. The molecule has 2 N–H and O–H groups in total. The van der Waals surface area contributed by atoms with Crippen molar-refractivity contribution in [1.82, 2.24) is 14.9 Å². The number of carbonyl (C=O) groups is 2. The molecule has 9 nitrogen and oxygen atoms in total. The van der Waals surface area contributed by atoms with Crippen molar-refractivity contribution in [3.63, 3.8) is 0 Å². The van der Waals surface area contributed by atoms with Crippen molar-refractivity contribution in [1.29, 1.82) is 0 Å². The molecule has 1 aliphatic heterocycles. The number of alkyl halides is 3. The van der Waals surface area contributed by atoms with Crippen LogP contribution in [0.3, 0.4) is 0 Å². The molecule has 2 amide bonds. The van der Waals surface area contributed by atoms with Gasteiger partial charge in [0.15, 0.2) is 5.69 Å². The van der Waals surface area contributed by atoms with E-state index in [4.69, 9.17) is 9.52 Å². The van der Waals surface area contributed by atoms with Crippen LogP contribution in [0.25, 0.3) is 0 Å². The molecule has 0 radical (unpaired) electrons. The number of nitrogens with zero attached hydrogens (tertiary/aromatic N) is 4. The predicted octanol–water partition coefficient (Wildman–Crippen LogP) is 2.90. The van der Waals surface area contributed by atoms with E-state index in [1.54, 1.807) is 6.07 Å². The molecule has 150 valence electrons. The number of amides is 2. The van der Waals surface area contributed by atoms with Gasteiger partial charge in [-0.15, -0.1) is 0 Å². The van der Waals surface area contributed by atoms with Crippen LogP contribution in [0.2, 0.25) is 0 Å². The molecule has 3 rings (SSSR count). The lowest BCUT2D eigenvalue weighted by Crippen LogP contribution is -2.48. The fraction of sp³-hybridized carbons (Fsp3) is 0.333. The maximum absolute atomic E-state index is 12.9. The fourth-order valence-electron chi connectivity index (χ4n) is 2.60. The number of carbonyl (C=O) groups excluding carboxylic acids is 1. The third-order valence-electron chi connectivity index (χ3n) is 3.96. The van der Waals surface area contributed by atoms with E-state index in [2.05, 4.69) is 31.2 Å². The molecule has 0 unspecified atom stereocenters. The van der Waals surface area contributed by atoms with Gasteiger partial charge in [0.25, 0.3) is 10.7 Å². The molecule has 0 atom stereocenters. The molecule has 13 heteroatoms. The second-order valence-electron chi connectivity index (χ2n) is 5.76. The van der Waals surface area contributed by atoms with Gasteiger partial charge in [0.05, 0.1) is 11.9 Å². The van der Waals surface area contributed by atoms with Crippen LogP contribution in [0, 0.1) is 0 Å². The van der Waals surface area contributed by atoms with Crippen LogP contribution in [0.1, 0.15) is 16.2 Å². The van der Waals surface area contributed by atoms with Crippen molar-refractivity contribution in [3.05, 3.63) is 34.6 Å². The largest absolute Gasteiger partial charge is 0.465 e. The van der Waals surface area contributed by atoms with Crippen molar-refractivity contribution in [3.8, 4) is 0 Å². The van der Waals surface area contributed by atoms with Gasteiger partial charge in [0, 0.05) is 42.1 Å². The third kappa shape index (κ3) is 4.35. The summed E-state index contributed by atoms with van der Waals surface area (Å²) in [5, 5.41) is 11.2. The Bertz CT molecular complexity index is 879. The van der Waals surface area contributed by atoms with Crippen molar-refractivity contribution >= 4 is 39.4 Å². The Morgan fingerprint density at radius 2 is 1.89 bits per heavy atom. The van der Waals surface area contributed by atoms with E-state index in [0.29, 0.717) is 32.0 Å². The number of hydrogen-bond acceptors (Lipinski definition) is 6. The summed E-state index contributed by atoms with van der Waals surface area (Å²) in [5.41, 5.74) is -1.27. The average Bonchev–Trinajstić information content (AvgIpc) is 3.05. The van der Waals surface area contributed by atoms with Crippen LogP contribution >= 0.6 is 15.9 Å². The molecular weight excluding hydrogens is 451 g/mol. The number of pyridine rings is 1. The highest BCUT2D eigenvalue weighted by Gasteiger charge is 2.41. The molecule has 1 fully saturated rings. The first-order valence-corrected chi connectivity index (χ1v) is 8.68. The number of oxazole rings is 1. The van der Waals surface area contributed by atoms with Gasteiger partial charge in [0.2, 0.25) is 5.76 Å². The summed E-state index contributed by atoms with van der Waals surface area (Å²) in [6, 6.07) is 3.05. The van der Waals surface area contributed by atoms with Gasteiger partial charge >= 0.3 is 12.3 Å². The number of halogens is 4. The van der Waals surface area contributed by atoms with Crippen molar-refractivity contribution in [2.24, 2.45) is 0 Å². The topological polar surface area (TPSA) is 112 Å². The first-order chi connectivity index (χ1) is 13.1. The van der Waals surface area contributed by atoms with Crippen LogP contribution in [0.5, 0.6) is 0 Å². The van der Waals surface area contributed by atoms with Crippen molar-refractivity contribution in [2.45, 2.75) is 6.18 Å². The number of nitrogens with one attached hydrogen (secondary N) is 1. The SMILES string of the molecule is O=C(Nc1ccc(N2CCN(C(=O)O)CC2)nc1)c1oc(Br)nc1C(F)(F)F. The maximum atomic E-state index is 12.9. The number of piperazine rings is 1. The van der Waals surface area contributed by atoms with Gasteiger partial charge in [-0.3, -0.25) is 4.79 Å². The maximum Gasteiger partial charge on any atom is 0.437 e. The smallest absolute Gasteiger partial charge is 0.437 e. The van der Waals surface area contributed by atoms with E-state index in [1.165, 1.54) is 17.2 Å². The summed E-state index contributed by atoms with van der Waals surface area (Å²) in [6.07, 6.45) is -4.54. The number of hydrogen-bond donors (Lipinski definition) is 2. The minimum absolute atomic E-state index is 0.165. The van der Waals surface area contributed by atoms with E-state index in [1.807, 2.05) is 4.90 Å². The number of rotatable bonds is 3. The summed E-state index contributed by atoms with van der Waals surface area (Å²) in [5.74, 6) is -1.52. The minimum Gasteiger partial charge on any atom is -0.465 e. The zero-order valence-electron chi connectivity index (χ0n) is 14.0. The lowest BCUT2D eigenvalue weighted by atomic mass is 10.3. The summed E-state index contributed by atoms with van der Waals surface area (Å²) in [4.78, 5) is 33.0. The lowest BCUT2D eigenvalue weighted by Gasteiger charge is -2.33. The molecule has 0 saturated carbocycles. The second-order valence-corrected chi connectivity index (χ2v) is 6.44. The Morgan fingerprint density at radius 1 is 1.21 bits per heavy atom. The van der Waals surface area contributed by atoms with Crippen LogP contribution in [-0.4, -0.2) is 58.2 Å². The highest BCUT2D eigenvalue weighted by Crippen LogP contribution is 2.33. The highest BCUT2D eigenvalue weighted by atomic mass is 79.9. The van der Waals surface area contributed by atoms with Crippen LogP contribution < -0.4 is 10.2 Å². The Labute approximate surface area is 164 Å². The summed E-state index contributed by atoms with van der Waals surface area (Å²) < 4.78 is 43.5. The number of carboxylic acid groups (broad SMARTS) is 1. The minimum atomic E-state index is -4.84. The van der Waals surface area contributed by atoms with Crippen molar-refractivity contribution in [2.75, 3.05) is 36.4 Å². The molecule has 2 aromatic rings. The molecule has 28 heavy (non-hydrogen) atoms. The first kappa shape index (κ1) is 19.9. The first-order valence-electron chi connectivity index (χ1n) is 7.89. The van der Waals surface area contributed by atoms with Gasteiger partial charge < -0.3 is 24.6 Å². The van der Waals surface area contributed by atoms with Crippen LogP contribution in [0.15, 0.2) is 27.5 Å². The third-order valence-corrected chi connectivity index (χ3v) is 4.29. The average molecular weight is 464 g/mol. The van der Waals surface area contributed by atoms with Crippen molar-refractivity contribution < 1.29 is 32.3 Å². The van der Waals surface area contributed by atoms with Crippen LogP contribution in [0.4, 0.5) is 29.5 Å². The van der Waals surface area contributed by atoms with E-state index in [0.717, 1.165) is 0 Å². The number of anilines is 2. The Morgan fingerprint density at radius 3 is 2.43 bits per heavy atom.